The van der Waals surface area contributed by atoms with Crippen LogP contribution in [-0.4, -0.2) is 24.5 Å². The molecule has 0 aromatic heterocycles. The summed E-state index contributed by atoms with van der Waals surface area (Å²) in [5.41, 5.74) is 0.315. The van der Waals surface area contributed by atoms with Crippen molar-refractivity contribution in [1.82, 2.24) is 4.90 Å². The van der Waals surface area contributed by atoms with Gasteiger partial charge in [0.25, 0.3) is 0 Å². The molecule has 0 atom stereocenters. The van der Waals surface area contributed by atoms with Gasteiger partial charge in [-0.2, -0.15) is 0 Å². The standard InChI is InChI=1S/C13H11ClN2O5/c1-19-11-3-2-9(14)6-10(11)15-13(18)16(8-17)12-7-20-4-5-21-12/h2-8H,1H3,(H,15,18). The van der Waals surface area contributed by atoms with Crippen LogP contribution >= 0.6 is 11.6 Å². The number of methoxy groups -OCH3 is 1. The molecule has 0 radical (unpaired) electrons. The predicted molar refractivity (Wildman–Crippen MR) is 74.3 cm³/mol. The molecule has 0 aliphatic carbocycles. The van der Waals surface area contributed by atoms with Gasteiger partial charge in [0.1, 0.15) is 18.3 Å². The Morgan fingerprint density at radius 1 is 1.43 bits per heavy atom. The van der Waals surface area contributed by atoms with E-state index in [0.717, 1.165) is 6.26 Å². The van der Waals surface area contributed by atoms with Crippen LogP contribution in [0.15, 0.2) is 42.9 Å². The predicted octanol–water partition coefficient (Wildman–Crippen LogP) is 2.66. The topological polar surface area (TPSA) is 77.1 Å². The van der Waals surface area contributed by atoms with Gasteiger partial charge in [0.05, 0.1) is 12.8 Å². The van der Waals surface area contributed by atoms with Crippen LogP contribution in [0.25, 0.3) is 0 Å². The molecule has 0 saturated heterocycles. The smallest absolute Gasteiger partial charge is 0.335 e. The summed E-state index contributed by atoms with van der Waals surface area (Å²) in [7, 11) is 1.45. The molecule has 2 rings (SSSR count). The van der Waals surface area contributed by atoms with Gasteiger partial charge in [0, 0.05) is 5.02 Å². The molecule has 1 N–H and O–H groups in total. The third-order valence-electron chi connectivity index (χ3n) is 2.46. The summed E-state index contributed by atoms with van der Waals surface area (Å²) in [5, 5.41) is 2.90. The molecular formula is C13H11ClN2O5. The first-order valence-electron chi connectivity index (χ1n) is 5.72. The monoisotopic (exact) mass is 310 g/mol. The highest BCUT2D eigenvalue weighted by Crippen LogP contribution is 2.28. The maximum Gasteiger partial charge on any atom is 0.335 e. The number of halogens is 1. The number of anilines is 1. The van der Waals surface area contributed by atoms with Crippen molar-refractivity contribution in [2.75, 3.05) is 12.4 Å². The summed E-state index contributed by atoms with van der Waals surface area (Å²) in [6.07, 6.45) is 3.85. The Kier molecular flexibility index (Phi) is 4.68. The highest BCUT2D eigenvalue weighted by Gasteiger charge is 2.21. The van der Waals surface area contributed by atoms with Gasteiger partial charge in [-0.05, 0) is 18.2 Å². The van der Waals surface area contributed by atoms with Crippen LogP contribution in [0.3, 0.4) is 0 Å². The van der Waals surface area contributed by atoms with Crippen LogP contribution < -0.4 is 10.1 Å². The van der Waals surface area contributed by atoms with E-state index in [1.165, 1.54) is 25.7 Å². The van der Waals surface area contributed by atoms with E-state index in [9.17, 15) is 9.59 Å². The first kappa shape index (κ1) is 14.7. The second-order valence-corrected chi connectivity index (χ2v) is 4.17. The second-order valence-electron chi connectivity index (χ2n) is 3.73. The average molecular weight is 311 g/mol. The minimum absolute atomic E-state index is 0.0778. The van der Waals surface area contributed by atoms with Gasteiger partial charge in [-0.1, -0.05) is 11.6 Å². The summed E-state index contributed by atoms with van der Waals surface area (Å²) < 4.78 is 14.9. The van der Waals surface area contributed by atoms with Gasteiger partial charge in [-0.25, -0.2) is 9.69 Å². The van der Waals surface area contributed by atoms with Crippen molar-refractivity contribution in [1.29, 1.82) is 0 Å². The second kappa shape index (κ2) is 6.67. The van der Waals surface area contributed by atoms with Crippen molar-refractivity contribution in [3.8, 4) is 5.75 Å². The van der Waals surface area contributed by atoms with E-state index >= 15 is 0 Å². The Labute approximate surface area is 125 Å². The third kappa shape index (κ3) is 3.46. The molecule has 110 valence electrons. The zero-order valence-electron chi connectivity index (χ0n) is 10.9. The molecule has 1 aliphatic rings. The molecule has 0 spiro atoms. The lowest BCUT2D eigenvalue weighted by Crippen LogP contribution is -2.34. The fourth-order valence-corrected chi connectivity index (χ4v) is 1.69. The number of carbonyl (C=O) groups is 2. The summed E-state index contributed by atoms with van der Waals surface area (Å²) in [4.78, 5) is 23.9. The first-order valence-corrected chi connectivity index (χ1v) is 6.10. The zero-order chi connectivity index (χ0) is 15.2. The Hall–Kier alpha value is -2.67. The van der Waals surface area contributed by atoms with Gasteiger partial charge in [-0.15, -0.1) is 0 Å². The highest BCUT2D eigenvalue weighted by molar-refractivity contribution is 6.31. The van der Waals surface area contributed by atoms with Gasteiger partial charge in [-0.3, -0.25) is 4.79 Å². The number of rotatable bonds is 4. The quantitative estimate of drug-likeness (QED) is 0.865. The van der Waals surface area contributed by atoms with E-state index < -0.39 is 6.03 Å². The molecule has 1 heterocycles. The summed E-state index contributed by atoms with van der Waals surface area (Å²) in [6.45, 7) is 0. The molecular weight excluding hydrogens is 300 g/mol. The molecule has 3 amide bonds. The van der Waals surface area contributed by atoms with Gasteiger partial charge < -0.3 is 19.5 Å². The van der Waals surface area contributed by atoms with Crippen molar-refractivity contribution in [2.45, 2.75) is 0 Å². The highest BCUT2D eigenvalue weighted by atomic mass is 35.5. The van der Waals surface area contributed by atoms with Crippen LogP contribution in [0.5, 0.6) is 5.75 Å². The van der Waals surface area contributed by atoms with Crippen LogP contribution in [0.2, 0.25) is 5.02 Å². The maximum atomic E-state index is 12.1. The molecule has 8 heteroatoms. The number of nitrogens with one attached hydrogen (secondary N) is 1. The Morgan fingerprint density at radius 2 is 2.24 bits per heavy atom. The van der Waals surface area contributed by atoms with Crippen molar-refractivity contribution in [3.05, 3.63) is 47.9 Å². The van der Waals surface area contributed by atoms with E-state index in [2.05, 4.69) is 5.32 Å². The number of carbonyl (C=O) groups excluding carboxylic acids is 2. The lowest BCUT2D eigenvalue weighted by Gasteiger charge is -2.20. The van der Waals surface area contributed by atoms with Crippen LogP contribution in [0.1, 0.15) is 0 Å². The van der Waals surface area contributed by atoms with E-state index in [0.29, 0.717) is 27.8 Å². The fraction of sp³-hybridized carbons (Fsp3) is 0.0769. The molecule has 0 saturated carbocycles. The number of hydrogen-bond acceptors (Lipinski definition) is 5. The lowest BCUT2D eigenvalue weighted by atomic mass is 10.3. The van der Waals surface area contributed by atoms with E-state index in [1.54, 1.807) is 12.1 Å². The van der Waals surface area contributed by atoms with Crippen molar-refractivity contribution in [3.63, 3.8) is 0 Å². The number of imide groups is 1. The van der Waals surface area contributed by atoms with E-state index in [1.807, 2.05) is 0 Å². The molecule has 21 heavy (non-hydrogen) atoms. The van der Waals surface area contributed by atoms with Crippen molar-refractivity contribution in [2.24, 2.45) is 0 Å². The average Bonchev–Trinajstić information content (AvgIpc) is 2.49. The number of amides is 3. The molecule has 0 bridgehead atoms. The van der Waals surface area contributed by atoms with E-state index in [4.69, 9.17) is 25.8 Å². The molecule has 1 aromatic rings. The Bertz CT molecular complexity index is 615. The normalized spacial score (nSPS) is 12.6. The van der Waals surface area contributed by atoms with E-state index in [-0.39, 0.29) is 5.88 Å². The number of hydrogen-bond donors (Lipinski definition) is 1. The molecule has 0 fully saturated rings. The molecule has 7 nitrogen and oxygen atoms in total. The fourth-order valence-electron chi connectivity index (χ4n) is 1.52. The maximum absolute atomic E-state index is 12.1. The largest absolute Gasteiger partial charge is 0.495 e. The summed E-state index contributed by atoms with van der Waals surface area (Å²) >= 11 is 5.86. The first-order chi connectivity index (χ1) is 10.2. The Balaban J connectivity index is 2.18. The number of urea groups is 1. The molecule has 1 aromatic carbocycles. The van der Waals surface area contributed by atoms with Crippen molar-refractivity contribution >= 4 is 29.7 Å². The van der Waals surface area contributed by atoms with Gasteiger partial charge in [0.15, 0.2) is 6.26 Å². The Morgan fingerprint density at radius 3 is 2.86 bits per heavy atom. The molecule has 0 unspecified atom stereocenters. The van der Waals surface area contributed by atoms with Gasteiger partial charge >= 0.3 is 6.03 Å². The lowest BCUT2D eigenvalue weighted by molar-refractivity contribution is -0.115. The molecule has 1 aliphatic heterocycles. The minimum atomic E-state index is -0.754. The summed E-state index contributed by atoms with van der Waals surface area (Å²) in [6, 6.07) is 3.94. The summed E-state index contributed by atoms with van der Waals surface area (Å²) in [5.74, 6) is 0.319. The number of ether oxygens (including phenoxy) is 3. The SMILES string of the molecule is COc1ccc(Cl)cc1NC(=O)N(C=O)C1=COC=CO1. The van der Waals surface area contributed by atoms with Crippen LogP contribution in [0.4, 0.5) is 10.5 Å². The van der Waals surface area contributed by atoms with Gasteiger partial charge in [0.2, 0.25) is 12.3 Å². The van der Waals surface area contributed by atoms with Crippen LogP contribution in [0, 0.1) is 0 Å². The number of benzene rings is 1. The number of nitrogens with zero attached hydrogens (tertiary/aromatic N) is 1. The minimum Gasteiger partial charge on any atom is -0.495 e. The van der Waals surface area contributed by atoms with Crippen LogP contribution in [-0.2, 0) is 14.3 Å². The van der Waals surface area contributed by atoms with Crippen molar-refractivity contribution < 1.29 is 23.8 Å². The zero-order valence-corrected chi connectivity index (χ0v) is 11.7. The third-order valence-corrected chi connectivity index (χ3v) is 2.69.